The summed E-state index contributed by atoms with van der Waals surface area (Å²) in [5.41, 5.74) is 2.44. The Morgan fingerprint density at radius 1 is 1.03 bits per heavy atom. The van der Waals surface area contributed by atoms with Gasteiger partial charge in [-0.05, 0) is 67.3 Å². The molecule has 1 aliphatic rings. The molecule has 3 rings (SSSR count). The van der Waals surface area contributed by atoms with Crippen molar-refractivity contribution in [2.24, 2.45) is 0 Å². The molecular formula is C21H27ClF2N2O4S. The number of fused-ring (bicyclic) bond motifs is 1. The van der Waals surface area contributed by atoms with E-state index < -0.39 is 26.6 Å². The molecule has 0 radical (unpaired) electrons. The van der Waals surface area contributed by atoms with Crippen LogP contribution in [0, 0.1) is 11.6 Å². The molecule has 0 aromatic heterocycles. The van der Waals surface area contributed by atoms with Crippen molar-refractivity contribution in [1.82, 2.24) is 9.62 Å². The van der Waals surface area contributed by atoms with Gasteiger partial charge in [-0.2, -0.15) is 0 Å². The highest BCUT2D eigenvalue weighted by molar-refractivity contribution is 7.89. The van der Waals surface area contributed by atoms with Crippen LogP contribution < -0.4 is 14.2 Å². The number of halogens is 3. The third-order valence-electron chi connectivity index (χ3n) is 5.17. The third kappa shape index (κ3) is 6.29. The van der Waals surface area contributed by atoms with E-state index in [9.17, 15) is 17.2 Å². The molecule has 10 heteroatoms. The number of sulfonamides is 1. The number of rotatable bonds is 9. The molecule has 0 atom stereocenters. The summed E-state index contributed by atoms with van der Waals surface area (Å²) in [6.45, 7) is 2.66. The molecule has 0 unspecified atom stereocenters. The zero-order valence-electron chi connectivity index (χ0n) is 17.5. The van der Waals surface area contributed by atoms with Crippen LogP contribution >= 0.6 is 12.4 Å². The van der Waals surface area contributed by atoms with E-state index in [1.165, 1.54) is 11.1 Å². The first-order valence-electron chi connectivity index (χ1n) is 9.75. The highest BCUT2D eigenvalue weighted by atomic mass is 35.5. The molecule has 172 valence electrons. The Morgan fingerprint density at radius 2 is 1.71 bits per heavy atom. The molecule has 31 heavy (non-hydrogen) atoms. The predicted octanol–water partition coefficient (Wildman–Crippen LogP) is 3.52. The number of hydrogen-bond acceptors (Lipinski definition) is 5. The van der Waals surface area contributed by atoms with Crippen LogP contribution in [0.5, 0.6) is 11.5 Å². The summed E-state index contributed by atoms with van der Waals surface area (Å²) in [6, 6.07) is 6.40. The molecule has 1 N–H and O–H groups in total. The Morgan fingerprint density at radius 3 is 2.39 bits per heavy atom. The van der Waals surface area contributed by atoms with Gasteiger partial charge in [0.2, 0.25) is 10.0 Å². The summed E-state index contributed by atoms with van der Waals surface area (Å²) in [6.07, 6.45) is 2.27. The van der Waals surface area contributed by atoms with Crippen molar-refractivity contribution >= 4 is 22.4 Å². The molecule has 0 saturated heterocycles. The van der Waals surface area contributed by atoms with Crippen molar-refractivity contribution in [3.8, 4) is 11.5 Å². The molecule has 0 saturated carbocycles. The average molecular weight is 477 g/mol. The van der Waals surface area contributed by atoms with Crippen molar-refractivity contribution in [2.75, 3.05) is 33.9 Å². The maximum absolute atomic E-state index is 13.7. The number of methoxy groups -OCH3 is 2. The molecule has 6 nitrogen and oxygen atoms in total. The van der Waals surface area contributed by atoms with E-state index in [2.05, 4.69) is 9.62 Å². The summed E-state index contributed by atoms with van der Waals surface area (Å²) in [5, 5.41) is 0. The molecular weight excluding hydrogens is 450 g/mol. The Bertz CT molecular complexity index is 1010. The maximum atomic E-state index is 13.7. The van der Waals surface area contributed by atoms with Crippen molar-refractivity contribution in [2.45, 2.75) is 30.7 Å². The molecule has 2 aromatic rings. The van der Waals surface area contributed by atoms with Crippen LogP contribution in [0.2, 0.25) is 0 Å². The monoisotopic (exact) mass is 476 g/mol. The van der Waals surface area contributed by atoms with Crippen LogP contribution in [-0.2, 0) is 23.0 Å². The van der Waals surface area contributed by atoms with Gasteiger partial charge in [0.15, 0.2) is 11.5 Å². The van der Waals surface area contributed by atoms with Crippen LogP contribution in [0.25, 0.3) is 0 Å². The zero-order valence-corrected chi connectivity index (χ0v) is 19.1. The summed E-state index contributed by atoms with van der Waals surface area (Å²) in [5.74, 6) is -0.330. The maximum Gasteiger partial charge on any atom is 0.243 e. The lowest BCUT2D eigenvalue weighted by Gasteiger charge is -2.29. The minimum Gasteiger partial charge on any atom is -0.493 e. The Labute approximate surface area is 188 Å². The smallest absolute Gasteiger partial charge is 0.243 e. The fourth-order valence-corrected chi connectivity index (χ4v) is 4.72. The lowest BCUT2D eigenvalue weighted by atomic mass is 9.98. The Hall–Kier alpha value is -1.94. The Kier molecular flexibility index (Phi) is 9.05. The largest absolute Gasteiger partial charge is 0.493 e. The number of benzene rings is 2. The quantitative estimate of drug-likeness (QED) is 0.561. The van der Waals surface area contributed by atoms with E-state index in [0.717, 1.165) is 50.4 Å². The fourth-order valence-electron chi connectivity index (χ4n) is 3.56. The number of nitrogens with zero attached hydrogens (tertiary/aromatic N) is 1. The summed E-state index contributed by atoms with van der Waals surface area (Å²) in [4.78, 5) is 1.63. The highest BCUT2D eigenvalue weighted by Gasteiger charge is 2.21. The van der Waals surface area contributed by atoms with E-state index in [-0.39, 0.29) is 19.0 Å². The predicted molar refractivity (Wildman–Crippen MR) is 117 cm³/mol. The Balaban J connectivity index is 0.00000341. The second-order valence-corrected chi connectivity index (χ2v) is 8.92. The molecule has 0 amide bonds. The van der Waals surface area contributed by atoms with E-state index in [0.29, 0.717) is 18.2 Å². The standard InChI is InChI=1S/C21H26F2N2O4S.ClH/c1-28-19-11-15-7-10-25(14-16(15)12-20(19)29-2)9-4-3-8-24-30(26,27)21-13-17(22)5-6-18(21)23;/h5-6,11-13,24H,3-4,7-10,14H2,1-2H3;1H. The van der Waals surface area contributed by atoms with Gasteiger partial charge in [-0.15, -0.1) is 12.4 Å². The van der Waals surface area contributed by atoms with Crippen LogP contribution in [0.4, 0.5) is 8.78 Å². The number of ether oxygens (including phenoxy) is 2. The average Bonchev–Trinajstić information content (AvgIpc) is 2.73. The van der Waals surface area contributed by atoms with Crippen LogP contribution in [0.1, 0.15) is 24.0 Å². The second-order valence-electron chi connectivity index (χ2n) is 7.18. The van der Waals surface area contributed by atoms with E-state index >= 15 is 0 Å². The first kappa shape index (κ1) is 25.3. The first-order valence-corrected chi connectivity index (χ1v) is 11.2. The van der Waals surface area contributed by atoms with Crippen molar-refractivity contribution in [3.05, 3.63) is 53.1 Å². The van der Waals surface area contributed by atoms with Gasteiger partial charge in [-0.1, -0.05) is 0 Å². The van der Waals surface area contributed by atoms with Gasteiger partial charge in [0.05, 0.1) is 14.2 Å². The molecule has 1 aliphatic heterocycles. The number of hydrogen-bond donors (Lipinski definition) is 1. The molecule has 0 bridgehead atoms. The van der Waals surface area contributed by atoms with Crippen molar-refractivity contribution in [3.63, 3.8) is 0 Å². The van der Waals surface area contributed by atoms with Crippen LogP contribution in [-0.4, -0.2) is 47.2 Å². The van der Waals surface area contributed by atoms with Gasteiger partial charge in [0.1, 0.15) is 16.5 Å². The molecule has 0 fully saturated rings. The topological polar surface area (TPSA) is 67.9 Å². The normalized spacial score (nSPS) is 13.9. The van der Waals surface area contributed by atoms with Gasteiger partial charge in [-0.25, -0.2) is 21.9 Å². The highest BCUT2D eigenvalue weighted by Crippen LogP contribution is 2.33. The van der Waals surface area contributed by atoms with Gasteiger partial charge < -0.3 is 9.47 Å². The zero-order chi connectivity index (χ0) is 21.7. The van der Waals surface area contributed by atoms with Gasteiger partial charge in [-0.3, -0.25) is 4.90 Å². The molecule has 0 aliphatic carbocycles. The van der Waals surface area contributed by atoms with Crippen LogP contribution in [0.15, 0.2) is 35.2 Å². The fraction of sp³-hybridized carbons (Fsp3) is 0.429. The first-order chi connectivity index (χ1) is 14.3. The van der Waals surface area contributed by atoms with Crippen LogP contribution in [0.3, 0.4) is 0 Å². The van der Waals surface area contributed by atoms with Crippen molar-refractivity contribution in [1.29, 1.82) is 0 Å². The molecule has 2 aromatic carbocycles. The number of nitrogens with one attached hydrogen (secondary N) is 1. The van der Waals surface area contributed by atoms with Gasteiger partial charge >= 0.3 is 0 Å². The molecule has 1 heterocycles. The van der Waals surface area contributed by atoms with E-state index in [1.807, 2.05) is 12.1 Å². The minimum absolute atomic E-state index is 0. The van der Waals surface area contributed by atoms with E-state index in [1.54, 1.807) is 14.2 Å². The second kappa shape index (κ2) is 11.1. The lowest BCUT2D eigenvalue weighted by Crippen LogP contribution is -2.32. The minimum atomic E-state index is -4.08. The van der Waals surface area contributed by atoms with E-state index in [4.69, 9.17) is 9.47 Å². The third-order valence-corrected chi connectivity index (χ3v) is 6.65. The summed E-state index contributed by atoms with van der Waals surface area (Å²) >= 11 is 0. The molecule has 0 spiro atoms. The lowest BCUT2D eigenvalue weighted by molar-refractivity contribution is 0.248. The van der Waals surface area contributed by atoms with Gasteiger partial charge in [0, 0.05) is 19.6 Å². The number of unbranched alkanes of at least 4 members (excludes halogenated alkanes) is 1. The summed E-state index contributed by atoms with van der Waals surface area (Å²) in [7, 11) is -0.843. The van der Waals surface area contributed by atoms with Crippen molar-refractivity contribution < 1.29 is 26.7 Å². The SMILES string of the molecule is COc1cc2c(cc1OC)CN(CCCCNS(=O)(=O)c1cc(F)ccc1F)CC2.Cl. The summed E-state index contributed by atoms with van der Waals surface area (Å²) < 4.78 is 64.4. The van der Waals surface area contributed by atoms with Gasteiger partial charge in [0.25, 0.3) is 0 Å².